The maximum Gasteiger partial charge on any atom is 0.339 e. The van der Waals surface area contributed by atoms with Crippen LogP contribution in [0.15, 0.2) is 47.3 Å². The van der Waals surface area contributed by atoms with Gasteiger partial charge in [0.1, 0.15) is 11.3 Å². The van der Waals surface area contributed by atoms with Crippen LogP contribution >= 0.6 is 0 Å². The van der Waals surface area contributed by atoms with Crippen molar-refractivity contribution in [1.29, 1.82) is 0 Å². The van der Waals surface area contributed by atoms with Gasteiger partial charge in [0.05, 0.1) is 18.9 Å². The Balaban J connectivity index is 2.10. The van der Waals surface area contributed by atoms with Gasteiger partial charge in [-0.25, -0.2) is 9.78 Å². The van der Waals surface area contributed by atoms with Gasteiger partial charge in [0.15, 0.2) is 5.76 Å². The highest BCUT2D eigenvalue weighted by molar-refractivity contribution is 5.89. The van der Waals surface area contributed by atoms with Crippen LogP contribution in [0.1, 0.15) is 10.4 Å². The van der Waals surface area contributed by atoms with Crippen molar-refractivity contribution in [2.24, 2.45) is 0 Å². The molecule has 5 nitrogen and oxygen atoms in total. The molecule has 0 spiro atoms. The van der Waals surface area contributed by atoms with Crippen LogP contribution in [0.4, 0.5) is 0 Å². The van der Waals surface area contributed by atoms with Crippen LogP contribution in [0.25, 0.3) is 17.1 Å². The van der Waals surface area contributed by atoms with Crippen LogP contribution in [-0.2, 0) is 4.74 Å². The summed E-state index contributed by atoms with van der Waals surface area (Å²) in [5.41, 5.74) is 1.95. The quantitative estimate of drug-likeness (QED) is 0.647. The van der Waals surface area contributed by atoms with E-state index in [-0.39, 0.29) is 5.97 Å². The summed E-state index contributed by atoms with van der Waals surface area (Å²) in [7, 11) is 1.36. The minimum atomic E-state index is -0.370. The molecule has 0 N–H and O–H groups in total. The fourth-order valence-electron chi connectivity index (χ4n) is 1.77. The third-order valence-electron chi connectivity index (χ3n) is 2.65. The topological polar surface area (TPSA) is 56.7 Å². The summed E-state index contributed by atoms with van der Waals surface area (Å²) < 4.78 is 11.7. The number of carbonyl (C=O) groups is 1. The lowest BCUT2D eigenvalue weighted by Crippen LogP contribution is -2.02. The zero-order chi connectivity index (χ0) is 12.5. The number of hydrogen-bond acceptors (Lipinski definition) is 4. The minimum absolute atomic E-state index is 0.370. The van der Waals surface area contributed by atoms with Crippen molar-refractivity contribution in [3.8, 4) is 11.5 Å². The Morgan fingerprint density at radius 3 is 2.94 bits per heavy atom. The van der Waals surface area contributed by atoms with Gasteiger partial charge in [0, 0.05) is 12.4 Å². The van der Waals surface area contributed by atoms with Crippen LogP contribution in [0.3, 0.4) is 0 Å². The lowest BCUT2D eigenvalue weighted by atomic mass is 10.3. The van der Waals surface area contributed by atoms with E-state index in [1.165, 1.54) is 7.11 Å². The van der Waals surface area contributed by atoms with Gasteiger partial charge in [0.25, 0.3) is 0 Å². The average molecular weight is 242 g/mol. The van der Waals surface area contributed by atoms with Gasteiger partial charge < -0.3 is 13.6 Å². The third-order valence-corrected chi connectivity index (χ3v) is 2.65. The average Bonchev–Trinajstić information content (AvgIpc) is 3.04. The molecule has 3 aromatic rings. The molecule has 0 atom stereocenters. The van der Waals surface area contributed by atoms with Crippen molar-refractivity contribution >= 4 is 11.6 Å². The first kappa shape index (κ1) is 10.6. The highest BCUT2D eigenvalue weighted by Crippen LogP contribution is 2.19. The molecule has 3 aromatic heterocycles. The van der Waals surface area contributed by atoms with E-state index >= 15 is 0 Å². The minimum Gasteiger partial charge on any atom is -0.465 e. The number of esters is 1. The van der Waals surface area contributed by atoms with E-state index in [0.717, 1.165) is 11.3 Å². The largest absolute Gasteiger partial charge is 0.465 e. The number of carbonyl (C=O) groups excluding carboxylic acids is 1. The van der Waals surface area contributed by atoms with Gasteiger partial charge in [-0.05, 0) is 24.3 Å². The Hall–Kier alpha value is -2.56. The van der Waals surface area contributed by atoms with Crippen LogP contribution in [0.5, 0.6) is 0 Å². The van der Waals surface area contributed by atoms with Crippen LogP contribution < -0.4 is 0 Å². The maximum atomic E-state index is 11.4. The second-order valence-corrected chi connectivity index (χ2v) is 3.78. The summed E-state index contributed by atoms with van der Waals surface area (Å²) in [6, 6.07) is 7.08. The number of ether oxygens (including phenoxy) is 1. The molecule has 0 aliphatic rings. The van der Waals surface area contributed by atoms with Crippen molar-refractivity contribution in [2.75, 3.05) is 7.11 Å². The summed E-state index contributed by atoms with van der Waals surface area (Å²) in [6.07, 6.45) is 5.08. The summed E-state index contributed by atoms with van der Waals surface area (Å²) in [4.78, 5) is 15.8. The first-order chi connectivity index (χ1) is 8.78. The van der Waals surface area contributed by atoms with E-state index in [1.54, 1.807) is 41.3 Å². The van der Waals surface area contributed by atoms with Gasteiger partial charge in [-0.15, -0.1) is 0 Å². The Bertz CT molecular complexity index is 698. The molecule has 0 radical (unpaired) electrons. The Labute approximate surface area is 103 Å². The zero-order valence-electron chi connectivity index (χ0n) is 9.66. The predicted molar refractivity (Wildman–Crippen MR) is 64.2 cm³/mol. The molecule has 0 saturated heterocycles. The summed E-state index contributed by atoms with van der Waals surface area (Å²) >= 11 is 0. The number of rotatable bonds is 2. The van der Waals surface area contributed by atoms with E-state index in [0.29, 0.717) is 11.3 Å². The number of hydrogen-bond donors (Lipinski definition) is 0. The van der Waals surface area contributed by atoms with E-state index in [4.69, 9.17) is 4.42 Å². The van der Waals surface area contributed by atoms with E-state index < -0.39 is 0 Å². The zero-order valence-corrected chi connectivity index (χ0v) is 9.66. The van der Waals surface area contributed by atoms with Crippen LogP contribution in [0, 0.1) is 0 Å². The van der Waals surface area contributed by atoms with Gasteiger partial charge in [-0.3, -0.25) is 0 Å². The van der Waals surface area contributed by atoms with Crippen molar-refractivity contribution < 1.29 is 13.9 Å². The van der Waals surface area contributed by atoms with Gasteiger partial charge in [0.2, 0.25) is 0 Å². The molecule has 18 heavy (non-hydrogen) atoms. The second-order valence-electron chi connectivity index (χ2n) is 3.78. The lowest BCUT2D eigenvalue weighted by Gasteiger charge is -1.99. The first-order valence-corrected chi connectivity index (χ1v) is 5.39. The molecule has 90 valence electrons. The van der Waals surface area contributed by atoms with Crippen LogP contribution in [0.2, 0.25) is 0 Å². The Morgan fingerprint density at radius 1 is 1.33 bits per heavy atom. The molecule has 0 fully saturated rings. The fourth-order valence-corrected chi connectivity index (χ4v) is 1.77. The van der Waals surface area contributed by atoms with Gasteiger partial charge in [-0.1, -0.05) is 0 Å². The third kappa shape index (κ3) is 1.66. The van der Waals surface area contributed by atoms with Gasteiger partial charge in [-0.2, -0.15) is 0 Å². The molecular weight excluding hydrogens is 232 g/mol. The summed E-state index contributed by atoms with van der Waals surface area (Å²) in [5, 5.41) is 0. The molecule has 3 heterocycles. The highest BCUT2D eigenvalue weighted by atomic mass is 16.5. The first-order valence-electron chi connectivity index (χ1n) is 5.39. The summed E-state index contributed by atoms with van der Waals surface area (Å²) in [6.45, 7) is 0. The number of pyridine rings is 1. The number of methoxy groups -OCH3 is 1. The molecule has 5 heteroatoms. The smallest absolute Gasteiger partial charge is 0.339 e. The predicted octanol–water partition coefficient (Wildman–Crippen LogP) is 2.38. The summed E-state index contributed by atoms with van der Waals surface area (Å²) in [5.74, 6) is 0.323. The SMILES string of the molecule is COC(=O)c1ccc2nc(-c3ccco3)cn2c1. The van der Waals surface area contributed by atoms with Crippen LogP contribution in [-0.4, -0.2) is 22.5 Å². The molecule has 3 rings (SSSR count). The van der Waals surface area contributed by atoms with Crippen molar-refractivity contribution in [3.63, 3.8) is 0 Å². The van der Waals surface area contributed by atoms with E-state index in [1.807, 2.05) is 6.07 Å². The number of furan rings is 1. The van der Waals surface area contributed by atoms with Gasteiger partial charge >= 0.3 is 5.97 Å². The van der Waals surface area contributed by atoms with Crippen molar-refractivity contribution in [1.82, 2.24) is 9.38 Å². The fraction of sp³-hybridized carbons (Fsp3) is 0.0769. The normalized spacial score (nSPS) is 10.7. The standard InChI is InChI=1S/C13H10N2O3/c1-17-13(16)9-4-5-12-14-10(8-15(12)7-9)11-3-2-6-18-11/h2-8H,1H3. The Kier molecular flexibility index (Phi) is 2.37. The van der Waals surface area contributed by atoms with E-state index in [2.05, 4.69) is 9.72 Å². The van der Waals surface area contributed by atoms with Crippen molar-refractivity contribution in [3.05, 3.63) is 48.5 Å². The molecule has 0 saturated carbocycles. The molecular formula is C13H10N2O3. The second kappa shape index (κ2) is 4.03. The maximum absolute atomic E-state index is 11.4. The number of aromatic nitrogens is 2. The molecule has 0 aliphatic heterocycles. The number of fused-ring (bicyclic) bond motifs is 1. The molecule has 0 unspecified atom stereocenters. The monoisotopic (exact) mass is 242 g/mol. The molecule has 0 amide bonds. The van der Waals surface area contributed by atoms with E-state index in [9.17, 15) is 4.79 Å². The van der Waals surface area contributed by atoms with Crippen molar-refractivity contribution in [2.45, 2.75) is 0 Å². The molecule has 0 aromatic carbocycles. The number of nitrogens with zero attached hydrogens (tertiary/aromatic N) is 2. The highest BCUT2D eigenvalue weighted by Gasteiger charge is 2.10. The Morgan fingerprint density at radius 2 is 2.22 bits per heavy atom. The molecule has 0 bridgehead atoms. The number of imidazole rings is 1. The lowest BCUT2D eigenvalue weighted by molar-refractivity contribution is 0.0600. The molecule has 0 aliphatic carbocycles.